The molecule has 1 N–H and O–H groups in total. The highest BCUT2D eigenvalue weighted by atomic mass is 19.4. The first-order valence-electron chi connectivity index (χ1n) is 9.92. The first-order valence-corrected chi connectivity index (χ1v) is 9.92. The fourth-order valence-electron chi connectivity index (χ4n) is 3.26. The summed E-state index contributed by atoms with van der Waals surface area (Å²) in [5.41, 5.74) is -0.675. The minimum Gasteiger partial charge on any atom is -0.497 e. The molecule has 174 valence electrons. The first-order chi connectivity index (χ1) is 16.2. The van der Waals surface area contributed by atoms with Crippen LogP contribution in [-0.2, 0) is 17.5 Å². The largest absolute Gasteiger partial charge is 0.497 e. The van der Waals surface area contributed by atoms with E-state index in [1.54, 1.807) is 18.2 Å². The van der Waals surface area contributed by atoms with E-state index in [0.29, 0.717) is 16.7 Å². The molecule has 0 aliphatic carbocycles. The molecular weight excluding hydrogens is 453 g/mol. The van der Waals surface area contributed by atoms with Gasteiger partial charge in [-0.05, 0) is 42.5 Å². The van der Waals surface area contributed by atoms with E-state index >= 15 is 0 Å². The molecule has 0 unspecified atom stereocenters. The molecule has 0 spiro atoms. The number of nitrogens with one attached hydrogen (secondary N) is 1. The lowest BCUT2D eigenvalue weighted by Crippen LogP contribution is -2.11. The molecule has 7 nitrogen and oxygen atoms in total. The third kappa shape index (κ3) is 5.01. The number of fused-ring (bicyclic) bond motifs is 1. The summed E-state index contributed by atoms with van der Waals surface area (Å²) < 4.78 is 54.7. The highest BCUT2D eigenvalue weighted by Crippen LogP contribution is 2.31. The van der Waals surface area contributed by atoms with Crippen molar-refractivity contribution in [2.45, 2.75) is 12.8 Å². The molecular formula is C24H17F3N2O5. The van der Waals surface area contributed by atoms with Crippen molar-refractivity contribution in [3.63, 3.8) is 0 Å². The minimum absolute atomic E-state index is 0.00820. The molecule has 4 aromatic rings. The number of halogens is 3. The molecule has 0 saturated carbocycles. The Kier molecular flexibility index (Phi) is 6.22. The van der Waals surface area contributed by atoms with Crippen LogP contribution in [0.5, 0.6) is 5.75 Å². The quantitative estimate of drug-likeness (QED) is 0.301. The number of methoxy groups -OCH3 is 1. The summed E-state index contributed by atoms with van der Waals surface area (Å²) in [5.74, 6) is -0.267. The molecule has 0 bridgehead atoms. The van der Waals surface area contributed by atoms with E-state index < -0.39 is 23.3 Å². The van der Waals surface area contributed by atoms with Crippen molar-refractivity contribution in [3.8, 4) is 5.75 Å². The Hall–Kier alpha value is -4.34. The van der Waals surface area contributed by atoms with Gasteiger partial charge in [0.25, 0.3) is 0 Å². The van der Waals surface area contributed by atoms with Crippen LogP contribution in [0.4, 0.5) is 24.7 Å². The van der Waals surface area contributed by atoms with Gasteiger partial charge in [-0.2, -0.15) is 13.2 Å². The van der Waals surface area contributed by atoms with Gasteiger partial charge in [0.15, 0.2) is 0 Å². The molecule has 2 aromatic carbocycles. The fourth-order valence-corrected chi connectivity index (χ4v) is 3.26. The highest BCUT2D eigenvalue weighted by Gasteiger charge is 2.30. The zero-order valence-corrected chi connectivity index (χ0v) is 17.7. The molecule has 0 amide bonds. The van der Waals surface area contributed by atoms with Crippen LogP contribution in [0.25, 0.3) is 11.0 Å². The van der Waals surface area contributed by atoms with Crippen molar-refractivity contribution < 1.29 is 31.9 Å². The lowest BCUT2D eigenvalue weighted by atomic mass is 10.1. The lowest BCUT2D eigenvalue weighted by molar-refractivity contribution is -0.137. The molecule has 0 atom stereocenters. The van der Waals surface area contributed by atoms with Crippen LogP contribution in [0.3, 0.4) is 0 Å². The second kappa shape index (κ2) is 9.26. The van der Waals surface area contributed by atoms with Gasteiger partial charge in [0, 0.05) is 35.0 Å². The van der Waals surface area contributed by atoms with Crippen molar-refractivity contribution in [2.75, 3.05) is 12.4 Å². The molecule has 0 saturated heterocycles. The third-order valence-electron chi connectivity index (χ3n) is 4.88. The summed E-state index contributed by atoms with van der Waals surface area (Å²) in [5, 5.41) is 3.28. The summed E-state index contributed by atoms with van der Waals surface area (Å²) in [6.07, 6.45) is -3.13. The van der Waals surface area contributed by atoms with E-state index in [1.807, 2.05) is 0 Å². The normalized spacial score (nSPS) is 11.3. The number of pyridine rings is 1. The number of rotatable bonds is 6. The van der Waals surface area contributed by atoms with Gasteiger partial charge in [-0.1, -0.05) is 6.07 Å². The summed E-state index contributed by atoms with van der Waals surface area (Å²) in [4.78, 5) is 28.8. The van der Waals surface area contributed by atoms with Crippen molar-refractivity contribution >= 4 is 28.4 Å². The average Bonchev–Trinajstić information content (AvgIpc) is 2.81. The summed E-state index contributed by atoms with van der Waals surface area (Å²) in [6, 6.07) is 13.5. The van der Waals surface area contributed by atoms with Crippen LogP contribution in [0.1, 0.15) is 21.5 Å². The Labute approximate surface area is 190 Å². The smallest absolute Gasteiger partial charge is 0.416 e. The maximum Gasteiger partial charge on any atom is 0.416 e. The van der Waals surface area contributed by atoms with Gasteiger partial charge in [0.05, 0.1) is 12.7 Å². The van der Waals surface area contributed by atoms with Gasteiger partial charge >= 0.3 is 17.8 Å². The SMILES string of the molecule is COc1ccc2c(COC(=O)c3cccnc3Nc3cccc(C(F)(F)F)c3)cc(=O)oc2c1. The Morgan fingerprint density at radius 3 is 2.68 bits per heavy atom. The number of benzene rings is 2. The molecule has 0 fully saturated rings. The highest BCUT2D eigenvalue weighted by molar-refractivity contribution is 5.95. The average molecular weight is 470 g/mol. The number of aromatic nitrogens is 1. The van der Waals surface area contributed by atoms with Crippen LogP contribution < -0.4 is 15.7 Å². The van der Waals surface area contributed by atoms with Gasteiger partial charge in [-0.25, -0.2) is 14.6 Å². The second-order valence-corrected chi connectivity index (χ2v) is 7.13. The van der Waals surface area contributed by atoms with Gasteiger partial charge < -0.3 is 19.2 Å². The molecule has 0 aliphatic heterocycles. The Bertz CT molecular complexity index is 1420. The maximum atomic E-state index is 13.0. The Morgan fingerprint density at radius 1 is 1.09 bits per heavy atom. The lowest BCUT2D eigenvalue weighted by Gasteiger charge is -2.13. The molecule has 0 radical (unpaired) electrons. The number of anilines is 2. The molecule has 2 heterocycles. The predicted octanol–water partition coefficient (Wildman–Crippen LogP) is 5.32. The molecule has 34 heavy (non-hydrogen) atoms. The number of hydrogen-bond donors (Lipinski definition) is 1. The van der Waals surface area contributed by atoms with Crippen LogP contribution in [0.2, 0.25) is 0 Å². The van der Waals surface area contributed by atoms with E-state index in [2.05, 4.69) is 10.3 Å². The van der Waals surface area contributed by atoms with Crippen molar-refractivity contribution in [1.29, 1.82) is 0 Å². The number of hydrogen-bond acceptors (Lipinski definition) is 7. The summed E-state index contributed by atoms with van der Waals surface area (Å²) >= 11 is 0. The molecule has 0 aliphatic rings. The van der Waals surface area contributed by atoms with E-state index in [-0.39, 0.29) is 29.3 Å². The summed E-state index contributed by atoms with van der Waals surface area (Å²) in [6.45, 7) is -0.245. The Morgan fingerprint density at radius 2 is 1.91 bits per heavy atom. The fraction of sp³-hybridized carbons (Fsp3) is 0.125. The standard InChI is InChI=1S/C24H17F3N2O5/c1-32-17-7-8-18-14(10-21(30)34-20(18)12-17)13-33-23(31)19-6-3-9-28-22(19)29-16-5-2-4-15(11-16)24(25,26)27/h2-12H,13H2,1H3,(H,28,29). The number of alkyl halides is 3. The topological polar surface area (TPSA) is 90.7 Å². The van der Waals surface area contributed by atoms with Gasteiger partial charge in [0.2, 0.25) is 0 Å². The minimum atomic E-state index is -4.52. The van der Waals surface area contributed by atoms with Gasteiger partial charge in [-0.3, -0.25) is 0 Å². The summed E-state index contributed by atoms with van der Waals surface area (Å²) in [7, 11) is 1.48. The zero-order chi connectivity index (χ0) is 24.3. The van der Waals surface area contributed by atoms with E-state index in [0.717, 1.165) is 12.1 Å². The number of esters is 1. The van der Waals surface area contributed by atoms with Gasteiger partial charge in [-0.15, -0.1) is 0 Å². The number of nitrogens with zero attached hydrogens (tertiary/aromatic N) is 1. The van der Waals surface area contributed by atoms with Crippen LogP contribution in [0, 0.1) is 0 Å². The molecule has 4 rings (SSSR count). The monoisotopic (exact) mass is 470 g/mol. The van der Waals surface area contributed by atoms with Crippen LogP contribution in [-0.4, -0.2) is 18.1 Å². The van der Waals surface area contributed by atoms with E-state index in [9.17, 15) is 22.8 Å². The first kappa shape index (κ1) is 22.8. The van der Waals surface area contributed by atoms with Crippen molar-refractivity contribution in [2.24, 2.45) is 0 Å². The van der Waals surface area contributed by atoms with Crippen molar-refractivity contribution in [3.05, 3.63) is 94.0 Å². The van der Waals surface area contributed by atoms with Crippen molar-refractivity contribution in [1.82, 2.24) is 4.98 Å². The number of carbonyl (C=O) groups excluding carboxylic acids is 1. The van der Waals surface area contributed by atoms with Crippen LogP contribution in [0.15, 0.2) is 76.1 Å². The predicted molar refractivity (Wildman–Crippen MR) is 117 cm³/mol. The zero-order valence-electron chi connectivity index (χ0n) is 17.7. The maximum absolute atomic E-state index is 13.0. The van der Waals surface area contributed by atoms with E-state index in [1.165, 1.54) is 43.6 Å². The molecule has 2 aromatic heterocycles. The molecule has 10 heteroatoms. The number of carbonyl (C=O) groups is 1. The van der Waals surface area contributed by atoms with E-state index in [4.69, 9.17) is 13.9 Å². The van der Waals surface area contributed by atoms with Crippen LogP contribution >= 0.6 is 0 Å². The number of ether oxygens (including phenoxy) is 2. The third-order valence-corrected chi connectivity index (χ3v) is 4.88. The van der Waals surface area contributed by atoms with Gasteiger partial charge in [0.1, 0.15) is 29.3 Å². The second-order valence-electron chi connectivity index (χ2n) is 7.13. The Balaban J connectivity index is 1.56.